The lowest BCUT2D eigenvalue weighted by atomic mass is 10.1. The first kappa shape index (κ1) is 54.5. The number of allylic oxidation sites excluding steroid dienone is 14. The van der Waals surface area contributed by atoms with Crippen molar-refractivity contribution < 1.29 is 38.2 Å². The SMILES string of the molecule is CC/C=C/C/C=C/C/C=C/C/C=C/C/C=C/C/C=C/CCCCCC(=O)OCC(COCCC(C(=O)O)[N+](C)(C)C)OC(=O)CCCCCCC/C=C/CCCCC. The summed E-state index contributed by atoms with van der Waals surface area (Å²) in [6, 6.07) is -0.625. The van der Waals surface area contributed by atoms with Gasteiger partial charge in [-0.25, -0.2) is 4.79 Å². The van der Waals surface area contributed by atoms with E-state index in [9.17, 15) is 19.5 Å². The number of hydrogen-bond acceptors (Lipinski definition) is 6. The Labute approximate surface area is 354 Å². The van der Waals surface area contributed by atoms with Gasteiger partial charge in [-0.05, 0) is 89.9 Å². The topological polar surface area (TPSA) is 99.1 Å². The molecular formula is C50H84NO7+. The molecule has 0 aliphatic heterocycles. The smallest absolute Gasteiger partial charge is 0.362 e. The van der Waals surface area contributed by atoms with Crippen LogP contribution >= 0.6 is 0 Å². The molecule has 0 spiro atoms. The lowest BCUT2D eigenvalue weighted by Gasteiger charge is -2.31. The van der Waals surface area contributed by atoms with Crippen LogP contribution in [0.3, 0.4) is 0 Å². The van der Waals surface area contributed by atoms with E-state index in [1.54, 1.807) is 0 Å². The van der Waals surface area contributed by atoms with Crippen LogP contribution in [0.4, 0.5) is 0 Å². The molecule has 0 aliphatic carbocycles. The molecule has 0 saturated carbocycles. The third-order valence-corrected chi connectivity index (χ3v) is 9.53. The highest BCUT2D eigenvalue weighted by atomic mass is 16.6. The van der Waals surface area contributed by atoms with Crippen molar-refractivity contribution in [2.75, 3.05) is 41.0 Å². The van der Waals surface area contributed by atoms with E-state index in [2.05, 4.69) is 98.9 Å². The van der Waals surface area contributed by atoms with Crippen LogP contribution in [0.5, 0.6) is 0 Å². The second kappa shape index (κ2) is 40.3. The Balaban J connectivity index is 4.38. The van der Waals surface area contributed by atoms with Crippen LogP contribution < -0.4 is 0 Å². The fourth-order valence-electron chi connectivity index (χ4n) is 6.03. The van der Waals surface area contributed by atoms with Gasteiger partial charge in [0.25, 0.3) is 0 Å². The van der Waals surface area contributed by atoms with Gasteiger partial charge in [-0.15, -0.1) is 0 Å². The highest BCUT2D eigenvalue weighted by molar-refractivity contribution is 5.72. The molecular weight excluding hydrogens is 727 g/mol. The standard InChI is InChI=1S/C50H83NO7/c1-6-8-10-12-14-16-18-20-21-22-23-24-25-26-27-28-29-31-32-34-36-38-40-48(52)57-45-46(44-56-43-42-47(50(54)55)51(3,4)5)58-49(53)41-39-37-35-33-30-19-17-15-13-11-9-7-2/h8,10,14-17,20-21,23-24,26-27,29,31,46-47H,6-7,9,11-13,18-19,22,25,28,30,32-45H2,1-5H3/p+1/b10-8+,16-14+,17-15+,21-20+,24-23+,27-26+,31-29+. The number of unbranched alkanes of at least 4 members (excludes halogenated alkanes) is 11. The summed E-state index contributed by atoms with van der Waals surface area (Å²) in [6.07, 6.45) is 52.0. The zero-order chi connectivity index (χ0) is 42.8. The van der Waals surface area contributed by atoms with E-state index >= 15 is 0 Å². The summed E-state index contributed by atoms with van der Waals surface area (Å²) in [7, 11) is 5.50. The van der Waals surface area contributed by atoms with Crippen LogP contribution in [-0.4, -0.2) is 80.6 Å². The first-order chi connectivity index (χ1) is 28.1. The predicted molar refractivity (Wildman–Crippen MR) is 243 cm³/mol. The zero-order valence-electron chi connectivity index (χ0n) is 37.5. The summed E-state index contributed by atoms with van der Waals surface area (Å²) in [6.45, 7) is 4.53. The summed E-state index contributed by atoms with van der Waals surface area (Å²) in [5.74, 6) is -1.53. The number of aliphatic carboxylic acids is 1. The molecule has 1 N–H and O–H groups in total. The number of carboxylic acid groups (broad SMARTS) is 1. The molecule has 330 valence electrons. The molecule has 0 rings (SSSR count). The van der Waals surface area contributed by atoms with Gasteiger partial charge in [0, 0.05) is 19.3 Å². The normalized spacial score (nSPS) is 13.7. The van der Waals surface area contributed by atoms with Gasteiger partial charge in [0.1, 0.15) is 6.61 Å². The van der Waals surface area contributed by atoms with Crippen molar-refractivity contribution in [2.24, 2.45) is 0 Å². The Hall–Kier alpha value is -3.49. The van der Waals surface area contributed by atoms with Gasteiger partial charge < -0.3 is 23.8 Å². The van der Waals surface area contributed by atoms with E-state index in [-0.39, 0.29) is 36.2 Å². The first-order valence-electron chi connectivity index (χ1n) is 22.6. The number of ether oxygens (including phenoxy) is 3. The third kappa shape index (κ3) is 38.1. The lowest BCUT2D eigenvalue weighted by Crippen LogP contribution is -2.50. The molecule has 0 aromatic heterocycles. The quantitative estimate of drug-likeness (QED) is 0.0286. The van der Waals surface area contributed by atoms with Gasteiger partial charge >= 0.3 is 17.9 Å². The largest absolute Gasteiger partial charge is 0.477 e. The monoisotopic (exact) mass is 811 g/mol. The minimum atomic E-state index is -0.885. The molecule has 2 atom stereocenters. The molecule has 0 aromatic rings. The van der Waals surface area contributed by atoms with Gasteiger partial charge in [-0.3, -0.25) is 9.59 Å². The highest BCUT2D eigenvalue weighted by Crippen LogP contribution is 2.12. The van der Waals surface area contributed by atoms with Crippen molar-refractivity contribution in [2.45, 2.75) is 174 Å². The molecule has 8 heteroatoms. The third-order valence-electron chi connectivity index (χ3n) is 9.53. The Kier molecular flexibility index (Phi) is 37.9. The Morgan fingerprint density at radius 3 is 1.47 bits per heavy atom. The van der Waals surface area contributed by atoms with Crippen molar-refractivity contribution in [3.63, 3.8) is 0 Å². The second-order valence-electron chi connectivity index (χ2n) is 15.9. The van der Waals surface area contributed by atoms with E-state index < -0.39 is 18.1 Å². The molecule has 0 fully saturated rings. The Morgan fingerprint density at radius 2 is 0.966 bits per heavy atom. The van der Waals surface area contributed by atoms with Crippen LogP contribution in [-0.2, 0) is 28.6 Å². The van der Waals surface area contributed by atoms with Crippen molar-refractivity contribution in [1.82, 2.24) is 0 Å². The number of nitrogens with zero attached hydrogens (tertiary/aromatic N) is 1. The van der Waals surface area contributed by atoms with E-state index in [4.69, 9.17) is 14.2 Å². The van der Waals surface area contributed by atoms with E-state index in [0.717, 1.165) is 96.3 Å². The van der Waals surface area contributed by atoms with Crippen molar-refractivity contribution in [1.29, 1.82) is 0 Å². The maximum absolute atomic E-state index is 12.7. The summed E-state index contributed by atoms with van der Waals surface area (Å²) < 4.78 is 17.2. The molecule has 0 saturated heterocycles. The van der Waals surface area contributed by atoms with Gasteiger partial charge in [-0.1, -0.05) is 137 Å². The van der Waals surface area contributed by atoms with Crippen LogP contribution in [0.25, 0.3) is 0 Å². The molecule has 0 radical (unpaired) electrons. The van der Waals surface area contributed by atoms with Gasteiger partial charge in [0.2, 0.25) is 0 Å². The molecule has 0 aliphatic rings. The van der Waals surface area contributed by atoms with E-state index in [1.807, 2.05) is 21.1 Å². The minimum Gasteiger partial charge on any atom is -0.477 e. The fraction of sp³-hybridized carbons (Fsp3) is 0.660. The van der Waals surface area contributed by atoms with E-state index in [0.29, 0.717) is 19.3 Å². The number of esters is 2. The number of carbonyl (C=O) groups is 3. The van der Waals surface area contributed by atoms with Crippen LogP contribution in [0.2, 0.25) is 0 Å². The summed E-state index contributed by atoms with van der Waals surface area (Å²) in [5.41, 5.74) is 0. The van der Waals surface area contributed by atoms with Crippen molar-refractivity contribution in [3.8, 4) is 0 Å². The summed E-state index contributed by atoms with van der Waals surface area (Å²) in [5, 5.41) is 9.62. The number of carboxylic acids is 1. The maximum atomic E-state index is 12.7. The van der Waals surface area contributed by atoms with Crippen LogP contribution in [0, 0.1) is 0 Å². The Morgan fingerprint density at radius 1 is 0.534 bits per heavy atom. The molecule has 0 bridgehead atoms. The highest BCUT2D eigenvalue weighted by Gasteiger charge is 2.31. The second-order valence-corrected chi connectivity index (χ2v) is 15.9. The van der Waals surface area contributed by atoms with Gasteiger partial charge in [-0.2, -0.15) is 0 Å². The van der Waals surface area contributed by atoms with Gasteiger partial charge in [0.05, 0.1) is 34.4 Å². The van der Waals surface area contributed by atoms with Crippen molar-refractivity contribution in [3.05, 3.63) is 85.1 Å². The number of hydrogen-bond donors (Lipinski definition) is 1. The summed E-state index contributed by atoms with van der Waals surface area (Å²) >= 11 is 0. The predicted octanol–water partition coefficient (Wildman–Crippen LogP) is 12.5. The zero-order valence-corrected chi connectivity index (χ0v) is 37.5. The molecule has 58 heavy (non-hydrogen) atoms. The average molecular weight is 811 g/mol. The molecule has 2 unspecified atom stereocenters. The number of quaternary nitrogens is 1. The van der Waals surface area contributed by atoms with Gasteiger partial charge in [0.15, 0.2) is 12.1 Å². The Bertz CT molecular complexity index is 1220. The average Bonchev–Trinajstić information content (AvgIpc) is 3.18. The molecule has 0 amide bonds. The lowest BCUT2D eigenvalue weighted by molar-refractivity contribution is -0.887. The number of carbonyl (C=O) groups excluding carboxylic acids is 2. The minimum absolute atomic E-state index is 0.0421. The fourth-order valence-corrected chi connectivity index (χ4v) is 6.03. The number of rotatable bonds is 39. The maximum Gasteiger partial charge on any atom is 0.362 e. The molecule has 0 heterocycles. The number of likely N-dealkylation sites (N-methyl/N-ethyl adjacent to an activating group) is 1. The molecule has 8 nitrogen and oxygen atoms in total. The summed E-state index contributed by atoms with van der Waals surface area (Å²) in [4.78, 5) is 37.0. The van der Waals surface area contributed by atoms with Crippen LogP contribution in [0.15, 0.2) is 85.1 Å². The van der Waals surface area contributed by atoms with E-state index in [1.165, 1.54) is 32.1 Å². The first-order valence-corrected chi connectivity index (χ1v) is 22.6. The van der Waals surface area contributed by atoms with Crippen molar-refractivity contribution >= 4 is 17.9 Å². The molecule has 0 aromatic carbocycles. The van der Waals surface area contributed by atoms with Crippen LogP contribution in [0.1, 0.15) is 162 Å².